The minimum absolute atomic E-state index is 0.127. The monoisotopic (exact) mass is 276 g/mol. The summed E-state index contributed by atoms with van der Waals surface area (Å²) in [6, 6.07) is 5.71. The Balaban J connectivity index is 1.77. The maximum absolute atomic E-state index is 12.0. The number of fused-ring (bicyclic) bond motifs is 1. The van der Waals surface area contributed by atoms with E-state index in [1.54, 1.807) is 6.20 Å². The number of hydrogen-bond acceptors (Lipinski definition) is 3. The third kappa shape index (κ3) is 2.00. The van der Waals surface area contributed by atoms with Crippen LogP contribution < -0.4 is 5.32 Å². The third-order valence-electron chi connectivity index (χ3n) is 3.67. The summed E-state index contributed by atoms with van der Waals surface area (Å²) in [5.41, 5.74) is 4.09. The lowest BCUT2D eigenvalue weighted by molar-refractivity contribution is -0.115. The number of carbonyl (C=O) groups excluding carboxylic acids is 1. The smallest absolute Gasteiger partial charge is 0.265 e. The molecule has 0 spiro atoms. The van der Waals surface area contributed by atoms with E-state index in [2.05, 4.69) is 32.5 Å². The standard InChI is InChI=1S/C16H12N4O/c21-16-13(12-3-1-2-4-14(12)19-16)9-17-11-6-5-10-8-18-20-15(10)7-11/h2,4-8H,1,3H2,(H,18,20)(H,19,21). The number of hydrogen-bond donors (Lipinski definition) is 2. The number of nitrogens with zero attached hydrogens (tertiary/aromatic N) is 2. The van der Waals surface area contributed by atoms with Crippen molar-refractivity contribution in [2.45, 2.75) is 12.8 Å². The van der Waals surface area contributed by atoms with E-state index in [4.69, 9.17) is 0 Å². The van der Waals surface area contributed by atoms with Crippen molar-refractivity contribution < 1.29 is 4.79 Å². The number of aromatic nitrogens is 2. The van der Waals surface area contributed by atoms with Gasteiger partial charge in [-0.05, 0) is 42.7 Å². The zero-order valence-electron chi connectivity index (χ0n) is 11.2. The van der Waals surface area contributed by atoms with Crippen molar-refractivity contribution in [3.8, 4) is 0 Å². The normalized spacial score (nSPS) is 17.0. The molecule has 21 heavy (non-hydrogen) atoms. The van der Waals surface area contributed by atoms with E-state index in [0.717, 1.165) is 40.7 Å². The van der Waals surface area contributed by atoms with Crippen LogP contribution in [0.1, 0.15) is 12.8 Å². The van der Waals surface area contributed by atoms with E-state index < -0.39 is 0 Å². The Morgan fingerprint density at radius 2 is 2.29 bits per heavy atom. The van der Waals surface area contributed by atoms with Gasteiger partial charge in [0.2, 0.25) is 0 Å². The summed E-state index contributed by atoms with van der Waals surface area (Å²) in [5, 5.41) is 10.8. The Morgan fingerprint density at radius 1 is 1.33 bits per heavy atom. The number of nitrogens with one attached hydrogen (secondary N) is 2. The van der Waals surface area contributed by atoms with E-state index in [-0.39, 0.29) is 5.91 Å². The van der Waals surface area contributed by atoms with E-state index in [1.807, 2.05) is 24.3 Å². The zero-order valence-corrected chi connectivity index (χ0v) is 11.2. The molecule has 5 heteroatoms. The lowest BCUT2D eigenvalue weighted by Gasteiger charge is -2.04. The second-order valence-corrected chi connectivity index (χ2v) is 5.03. The number of rotatable bonds is 1. The highest BCUT2D eigenvalue weighted by Gasteiger charge is 2.26. The predicted octanol–water partition coefficient (Wildman–Crippen LogP) is 2.52. The molecule has 2 aliphatic rings. The highest BCUT2D eigenvalue weighted by molar-refractivity contribution is 6.10. The fourth-order valence-electron chi connectivity index (χ4n) is 2.60. The molecule has 4 rings (SSSR count). The van der Waals surface area contributed by atoms with Crippen molar-refractivity contribution in [3.63, 3.8) is 0 Å². The Kier molecular flexibility index (Phi) is 2.59. The molecule has 102 valence electrons. The predicted molar refractivity (Wildman–Crippen MR) is 80.2 cm³/mol. The highest BCUT2D eigenvalue weighted by Crippen LogP contribution is 2.28. The first kappa shape index (κ1) is 11.9. The van der Waals surface area contributed by atoms with Crippen LogP contribution in [-0.4, -0.2) is 22.0 Å². The summed E-state index contributed by atoms with van der Waals surface area (Å²) in [5.74, 6) is 2.78. The molecule has 2 N–H and O–H groups in total. The van der Waals surface area contributed by atoms with Crippen molar-refractivity contribution in [1.82, 2.24) is 15.5 Å². The number of H-pyrrole nitrogens is 1. The molecule has 0 unspecified atom stereocenters. The second kappa shape index (κ2) is 4.58. The first-order chi connectivity index (χ1) is 10.3. The lowest BCUT2D eigenvalue weighted by Crippen LogP contribution is -2.15. The topological polar surface area (TPSA) is 70.1 Å². The van der Waals surface area contributed by atoms with E-state index >= 15 is 0 Å². The molecule has 2 aromatic rings. The van der Waals surface area contributed by atoms with E-state index in [1.165, 1.54) is 0 Å². The summed E-state index contributed by atoms with van der Waals surface area (Å²) < 4.78 is 0. The van der Waals surface area contributed by atoms with Crippen LogP contribution in [0.4, 0.5) is 5.69 Å². The molecule has 0 atom stereocenters. The Labute approximate surface area is 120 Å². The molecule has 1 aliphatic heterocycles. The van der Waals surface area contributed by atoms with Gasteiger partial charge in [-0.25, -0.2) is 4.99 Å². The average Bonchev–Trinajstić information content (AvgIpc) is 3.08. The first-order valence-electron chi connectivity index (χ1n) is 6.79. The quantitative estimate of drug-likeness (QED) is 0.620. The summed E-state index contributed by atoms with van der Waals surface area (Å²) in [4.78, 5) is 16.3. The van der Waals surface area contributed by atoms with Gasteiger partial charge in [-0.1, -0.05) is 6.08 Å². The van der Waals surface area contributed by atoms with Gasteiger partial charge in [-0.2, -0.15) is 5.10 Å². The molecule has 5 nitrogen and oxygen atoms in total. The van der Waals surface area contributed by atoms with Crippen LogP contribution in [0.25, 0.3) is 10.9 Å². The highest BCUT2D eigenvalue weighted by atomic mass is 16.1. The van der Waals surface area contributed by atoms with Crippen molar-refractivity contribution >= 4 is 28.4 Å². The van der Waals surface area contributed by atoms with Gasteiger partial charge in [-0.15, -0.1) is 0 Å². The average molecular weight is 276 g/mol. The minimum Gasteiger partial charge on any atom is -0.321 e. The van der Waals surface area contributed by atoms with Crippen LogP contribution in [0.3, 0.4) is 0 Å². The van der Waals surface area contributed by atoms with Gasteiger partial charge in [0.1, 0.15) is 5.57 Å². The second-order valence-electron chi connectivity index (χ2n) is 5.03. The third-order valence-corrected chi connectivity index (χ3v) is 3.67. The molecule has 2 heterocycles. The molecule has 0 saturated heterocycles. The lowest BCUT2D eigenvalue weighted by atomic mass is 9.99. The van der Waals surface area contributed by atoms with Crippen LogP contribution in [0.2, 0.25) is 0 Å². The molecule has 1 aliphatic carbocycles. The fourth-order valence-corrected chi connectivity index (χ4v) is 2.60. The molecular formula is C16H12N4O. The van der Waals surface area contributed by atoms with Gasteiger partial charge >= 0.3 is 0 Å². The van der Waals surface area contributed by atoms with Gasteiger partial charge in [0.05, 0.1) is 17.4 Å². The molecule has 1 amide bonds. The van der Waals surface area contributed by atoms with Crippen LogP contribution in [0, 0.1) is 0 Å². The molecular weight excluding hydrogens is 264 g/mol. The molecule has 0 radical (unpaired) electrons. The van der Waals surface area contributed by atoms with Crippen molar-refractivity contribution in [1.29, 1.82) is 0 Å². The number of allylic oxidation sites excluding steroid dienone is 2. The maximum atomic E-state index is 12.0. The van der Waals surface area contributed by atoms with Crippen LogP contribution in [-0.2, 0) is 4.79 Å². The van der Waals surface area contributed by atoms with Crippen molar-refractivity contribution in [2.75, 3.05) is 0 Å². The number of aliphatic imine (C=N–C) groups is 1. The maximum Gasteiger partial charge on any atom is 0.265 e. The number of benzene rings is 1. The molecule has 0 saturated carbocycles. The summed E-state index contributed by atoms with van der Waals surface area (Å²) in [6.07, 6.45) is 7.56. The summed E-state index contributed by atoms with van der Waals surface area (Å²) in [6.45, 7) is 0. The number of amides is 1. The van der Waals surface area contributed by atoms with Gasteiger partial charge in [0.15, 0.2) is 0 Å². The fraction of sp³-hybridized carbons (Fsp3) is 0.125. The van der Waals surface area contributed by atoms with Crippen LogP contribution in [0.5, 0.6) is 0 Å². The SMILES string of the molecule is O=C1NC2=C(CCC=C2)C1=C=Nc1ccc2cn[nH]c2c1. The molecule has 1 aromatic heterocycles. The van der Waals surface area contributed by atoms with Gasteiger partial charge in [0, 0.05) is 17.0 Å². The van der Waals surface area contributed by atoms with Crippen molar-refractivity contribution in [3.05, 3.63) is 53.4 Å². The molecule has 1 aromatic carbocycles. The summed E-state index contributed by atoms with van der Waals surface area (Å²) in [7, 11) is 0. The van der Waals surface area contributed by atoms with Crippen LogP contribution >= 0.6 is 0 Å². The number of aromatic amines is 1. The number of carbonyl (C=O) groups is 1. The van der Waals surface area contributed by atoms with E-state index in [9.17, 15) is 4.79 Å². The van der Waals surface area contributed by atoms with Gasteiger partial charge in [0.25, 0.3) is 5.91 Å². The van der Waals surface area contributed by atoms with Gasteiger partial charge < -0.3 is 5.32 Å². The first-order valence-corrected chi connectivity index (χ1v) is 6.79. The Morgan fingerprint density at radius 3 is 3.24 bits per heavy atom. The zero-order chi connectivity index (χ0) is 14.2. The minimum atomic E-state index is -0.127. The molecule has 0 fully saturated rings. The van der Waals surface area contributed by atoms with Crippen LogP contribution in [0.15, 0.2) is 58.4 Å². The Hall–Kier alpha value is -2.91. The van der Waals surface area contributed by atoms with Gasteiger partial charge in [-0.3, -0.25) is 9.89 Å². The largest absolute Gasteiger partial charge is 0.321 e. The van der Waals surface area contributed by atoms with E-state index in [0.29, 0.717) is 5.57 Å². The Bertz CT molecular complexity index is 879. The van der Waals surface area contributed by atoms with Crippen molar-refractivity contribution in [2.24, 2.45) is 4.99 Å². The summed E-state index contributed by atoms with van der Waals surface area (Å²) >= 11 is 0. The molecule has 0 bridgehead atoms.